The summed E-state index contributed by atoms with van der Waals surface area (Å²) in [5.74, 6) is -2.32. The molecule has 4 nitrogen and oxygen atoms in total. The number of anilines is 1. The first kappa shape index (κ1) is 13.9. The Morgan fingerprint density at radius 1 is 1.37 bits per heavy atom. The zero-order chi connectivity index (χ0) is 14.0. The third-order valence-corrected chi connectivity index (χ3v) is 4.21. The number of nitrogens with two attached hydrogens (primary N) is 1. The number of thioether (sulfide) groups is 1. The Balaban J connectivity index is 2.12. The number of nitrogens with zero attached hydrogens (tertiary/aromatic N) is 2. The van der Waals surface area contributed by atoms with E-state index in [0.29, 0.717) is 9.47 Å². The monoisotopic (exact) mass is 301 g/mol. The quantitative estimate of drug-likeness (QED) is 0.694. The summed E-state index contributed by atoms with van der Waals surface area (Å²) in [6, 6.07) is 3.08. The van der Waals surface area contributed by atoms with Gasteiger partial charge in [0.2, 0.25) is 5.13 Å². The first-order chi connectivity index (χ1) is 8.97. The van der Waals surface area contributed by atoms with Crippen LogP contribution in [0, 0.1) is 11.6 Å². The molecule has 0 fully saturated rings. The van der Waals surface area contributed by atoms with Gasteiger partial charge in [-0.2, -0.15) is 0 Å². The number of hydrogen-bond acceptors (Lipinski definition) is 6. The predicted octanol–water partition coefficient (Wildman–Crippen LogP) is 2.76. The minimum atomic E-state index is -1.04. The van der Waals surface area contributed by atoms with E-state index in [9.17, 15) is 13.6 Å². The second-order valence-electron chi connectivity index (χ2n) is 3.66. The van der Waals surface area contributed by atoms with Gasteiger partial charge >= 0.3 is 0 Å². The van der Waals surface area contributed by atoms with E-state index in [4.69, 9.17) is 5.73 Å². The van der Waals surface area contributed by atoms with E-state index < -0.39 is 16.9 Å². The zero-order valence-corrected chi connectivity index (χ0v) is 11.4. The fourth-order valence-electron chi connectivity index (χ4n) is 1.36. The van der Waals surface area contributed by atoms with Crippen molar-refractivity contribution in [1.82, 2.24) is 10.2 Å². The van der Waals surface area contributed by atoms with Gasteiger partial charge in [0.05, 0.1) is 5.25 Å². The van der Waals surface area contributed by atoms with Crippen molar-refractivity contribution in [2.75, 3.05) is 5.73 Å². The number of carbonyl (C=O) groups excluding carboxylic acids is 1. The molecule has 2 aromatic rings. The van der Waals surface area contributed by atoms with Gasteiger partial charge < -0.3 is 5.73 Å². The molecule has 0 aliphatic heterocycles. The van der Waals surface area contributed by atoms with Crippen molar-refractivity contribution in [2.45, 2.75) is 16.5 Å². The number of Topliss-reactive ketones (excluding diaryl/α,β-unsaturated/α-hetero) is 1. The maximum atomic E-state index is 13.1. The molecule has 1 aromatic heterocycles. The number of halogens is 2. The van der Waals surface area contributed by atoms with Gasteiger partial charge in [0.25, 0.3) is 0 Å². The van der Waals surface area contributed by atoms with Gasteiger partial charge in [-0.05, 0) is 25.1 Å². The maximum Gasteiger partial charge on any atom is 0.203 e. The van der Waals surface area contributed by atoms with Crippen LogP contribution >= 0.6 is 23.1 Å². The number of aromatic nitrogens is 2. The molecule has 0 unspecified atom stereocenters. The Hall–Kier alpha value is -1.54. The van der Waals surface area contributed by atoms with Gasteiger partial charge in [-0.3, -0.25) is 4.79 Å². The van der Waals surface area contributed by atoms with Gasteiger partial charge in [-0.15, -0.1) is 10.2 Å². The first-order valence-corrected chi connectivity index (χ1v) is 6.92. The Morgan fingerprint density at radius 3 is 2.68 bits per heavy atom. The van der Waals surface area contributed by atoms with Gasteiger partial charge in [0.1, 0.15) is 0 Å². The zero-order valence-electron chi connectivity index (χ0n) is 9.76. The highest BCUT2D eigenvalue weighted by atomic mass is 32.2. The van der Waals surface area contributed by atoms with Crippen LogP contribution in [0.1, 0.15) is 17.3 Å². The molecule has 1 aromatic carbocycles. The third kappa shape index (κ3) is 3.27. The second kappa shape index (κ2) is 5.62. The average molecular weight is 301 g/mol. The lowest BCUT2D eigenvalue weighted by molar-refractivity contribution is 0.0993. The summed E-state index contributed by atoms with van der Waals surface area (Å²) in [6.07, 6.45) is 0. The summed E-state index contributed by atoms with van der Waals surface area (Å²) in [7, 11) is 0. The van der Waals surface area contributed by atoms with Crippen molar-refractivity contribution in [2.24, 2.45) is 0 Å². The Bertz CT molecular complexity index is 618. The van der Waals surface area contributed by atoms with Crippen LogP contribution in [0.5, 0.6) is 0 Å². The molecule has 1 atom stereocenters. The molecule has 0 aliphatic rings. The fourth-order valence-corrected chi connectivity index (χ4v) is 3.21. The summed E-state index contributed by atoms with van der Waals surface area (Å²) in [6.45, 7) is 1.66. The molecular formula is C11H9F2N3OS2. The lowest BCUT2D eigenvalue weighted by Gasteiger charge is -2.08. The van der Waals surface area contributed by atoms with Crippen LogP contribution < -0.4 is 5.73 Å². The lowest BCUT2D eigenvalue weighted by atomic mass is 10.1. The molecule has 0 saturated carbocycles. The molecule has 2 N–H and O–H groups in total. The minimum absolute atomic E-state index is 0.122. The second-order valence-corrected chi connectivity index (χ2v) is 6.26. The summed E-state index contributed by atoms with van der Waals surface area (Å²) in [5.41, 5.74) is 5.56. The molecule has 0 spiro atoms. The Labute approximate surface area is 116 Å². The van der Waals surface area contributed by atoms with Gasteiger partial charge in [0.15, 0.2) is 21.8 Å². The molecule has 100 valence electrons. The Morgan fingerprint density at radius 2 is 2.11 bits per heavy atom. The number of nitrogen functional groups attached to an aromatic ring is 1. The molecule has 19 heavy (non-hydrogen) atoms. The fraction of sp³-hybridized carbons (Fsp3) is 0.182. The largest absolute Gasteiger partial charge is 0.374 e. The van der Waals surface area contributed by atoms with Gasteiger partial charge in [-0.25, -0.2) is 8.78 Å². The third-order valence-electron chi connectivity index (χ3n) is 2.27. The number of ketones is 1. The van der Waals surface area contributed by atoms with E-state index >= 15 is 0 Å². The van der Waals surface area contributed by atoms with Crippen LogP contribution in [0.25, 0.3) is 0 Å². The Kier molecular flexibility index (Phi) is 4.11. The standard InChI is InChI=1S/C11H9F2N3OS2/c1-5(18-11-16-15-10(14)19-11)9(17)6-2-3-7(12)8(13)4-6/h2-5H,1H3,(H2,14,15)/t5-/m1/s1. The molecule has 0 aliphatic carbocycles. The van der Waals surface area contributed by atoms with Crippen molar-refractivity contribution in [3.05, 3.63) is 35.4 Å². The van der Waals surface area contributed by atoms with Crippen LogP contribution in [0.4, 0.5) is 13.9 Å². The molecular weight excluding hydrogens is 292 g/mol. The van der Waals surface area contributed by atoms with E-state index in [-0.39, 0.29) is 11.3 Å². The number of rotatable bonds is 4. The van der Waals surface area contributed by atoms with E-state index in [0.717, 1.165) is 12.1 Å². The molecule has 2 rings (SSSR count). The van der Waals surface area contributed by atoms with E-state index in [2.05, 4.69) is 10.2 Å². The number of hydrogen-bond donors (Lipinski definition) is 1. The molecule has 0 bridgehead atoms. The van der Waals surface area contributed by atoms with E-state index in [1.54, 1.807) is 6.92 Å². The predicted molar refractivity (Wildman–Crippen MR) is 70.3 cm³/mol. The molecule has 0 amide bonds. The number of benzene rings is 1. The molecule has 0 radical (unpaired) electrons. The maximum absolute atomic E-state index is 13.1. The van der Waals surface area contributed by atoms with Crippen LogP contribution in [-0.2, 0) is 0 Å². The van der Waals surface area contributed by atoms with Crippen molar-refractivity contribution < 1.29 is 13.6 Å². The van der Waals surface area contributed by atoms with Crippen LogP contribution in [0.15, 0.2) is 22.5 Å². The highest BCUT2D eigenvalue weighted by Crippen LogP contribution is 2.29. The first-order valence-electron chi connectivity index (χ1n) is 5.22. The number of carbonyl (C=O) groups is 1. The summed E-state index contributed by atoms with van der Waals surface area (Å²) in [4.78, 5) is 12.0. The minimum Gasteiger partial charge on any atom is -0.374 e. The average Bonchev–Trinajstić information content (AvgIpc) is 2.77. The van der Waals surface area contributed by atoms with E-state index in [1.165, 1.54) is 29.2 Å². The van der Waals surface area contributed by atoms with Crippen molar-refractivity contribution in [3.8, 4) is 0 Å². The van der Waals surface area contributed by atoms with Gasteiger partial charge in [-0.1, -0.05) is 23.1 Å². The SMILES string of the molecule is C[C@@H](Sc1nnc(N)s1)C(=O)c1ccc(F)c(F)c1. The molecule has 8 heteroatoms. The van der Waals surface area contributed by atoms with Crippen molar-refractivity contribution in [1.29, 1.82) is 0 Å². The topological polar surface area (TPSA) is 68.9 Å². The van der Waals surface area contributed by atoms with Gasteiger partial charge in [0, 0.05) is 5.56 Å². The van der Waals surface area contributed by atoms with Crippen LogP contribution in [0.2, 0.25) is 0 Å². The molecule has 1 heterocycles. The highest BCUT2D eigenvalue weighted by molar-refractivity contribution is 8.02. The molecule has 0 saturated heterocycles. The highest BCUT2D eigenvalue weighted by Gasteiger charge is 2.19. The normalized spacial score (nSPS) is 12.4. The van der Waals surface area contributed by atoms with Crippen LogP contribution in [0.3, 0.4) is 0 Å². The summed E-state index contributed by atoms with van der Waals surface area (Å²) < 4.78 is 26.4. The van der Waals surface area contributed by atoms with Crippen molar-refractivity contribution >= 4 is 34.0 Å². The van der Waals surface area contributed by atoms with Crippen molar-refractivity contribution in [3.63, 3.8) is 0 Å². The lowest BCUT2D eigenvalue weighted by Crippen LogP contribution is -2.13. The summed E-state index contributed by atoms with van der Waals surface area (Å²) >= 11 is 2.34. The summed E-state index contributed by atoms with van der Waals surface area (Å²) in [5, 5.41) is 7.24. The van der Waals surface area contributed by atoms with Crippen LogP contribution in [-0.4, -0.2) is 21.2 Å². The smallest absolute Gasteiger partial charge is 0.203 e. The van der Waals surface area contributed by atoms with E-state index in [1.807, 2.05) is 0 Å².